The first-order chi connectivity index (χ1) is 12.1. The molecule has 0 bridgehead atoms. The van der Waals surface area contributed by atoms with E-state index in [0.29, 0.717) is 6.54 Å². The number of nitrogens with one attached hydrogen (secondary N) is 1. The molecule has 0 aromatic heterocycles. The van der Waals surface area contributed by atoms with E-state index in [2.05, 4.69) is 24.1 Å². The van der Waals surface area contributed by atoms with Crippen LogP contribution in [0.1, 0.15) is 45.1 Å². The van der Waals surface area contributed by atoms with Crippen LogP contribution in [-0.4, -0.2) is 31.0 Å². The molecule has 1 aromatic rings. The molecule has 1 amide bonds. The van der Waals surface area contributed by atoms with Crippen LogP contribution in [0, 0.1) is 11.3 Å². The molecule has 1 rings (SSSR count). The van der Waals surface area contributed by atoms with Gasteiger partial charge in [0.15, 0.2) is 0 Å². The van der Waals surface area contributed by atoms with Gasteiger partial charge in [-0.2, -0.15) is 5.26 Å². The topological polar surface area (TPSA) is 65.4 Å². The molecule has 0 heterocycles. The number of rotatable bonds is 11. The van der Waals surface area contributed by atoms with E-state index in [-0.39, 0.29) is 11.5 Å². The van der Waals surface area contributed by atoms with Crippen LogP contribution >= 0.6 is 0 Å². The van der Waals surface area contributed by atoms with Crippen molar-refractivity contribution < 1.29 is 9.53 Å². The third kappa shape index (κ3) is 7.75. The van der Waals surface area contributed by atoms with E-state index in [1.807, 2.05) is 30.3 Å². The van der Waals surface area contributed by atoms with Crippen molar-refractivity contribution in [1.29, 1.82) is 5.26 Å². The molecule has 0 spiro atoms. The second kappa shape index (κ2) is 12.0. The Hall–Kier alpha value is -2.48. The Morgan fingerprint density at radius 3 is 2.28 bits per heavy atom. The van der Waals surface area contributed by atoms with E-state index in [0.717, 1.165) is 50.1 Å². The highest BCUT2D eigenvalue weighted by Gasteiger charge is 2.11. The molecule has 0 saturated heterocycles. The number of carbonyl (C=O) groups excluding carboxylic acids is 1. The maximum absolute atomic E-state index is 12.3. The standard InChI is InChI=1S/C20H29N3O2/c1-4-6-12-23(13-7-5-2)16-18(14-21)20(24)22-15-17-8-10-19(25-3)11-9-17/h8-11,16H,4-7,12-13,15H2,1-3H3,(H,22,24)/b18-16-. The van der Waals surface area contributed by atoms with Crippen LogP contribution in [0.25, 0.3) is 0 Å². The van der Waals surface area contributed by atoms with Gasteiger partial charge in [-0.1, -0.05) is 38.8 Å². The Bertz CT molecular complexity index is 580. The highest BCUT2D eigenvalue weighted by atomic mass is 16.5. The Morgan fingerprint density at radius 2 is 1.80 bits per heavy atom. The van der Waals surface area contributed by atoms with Gasteiger partial charge < -0.3 is 15.0 Å². The number of nitrogens with zero attached hydrogens (tertiary/aromatic N) is 2. The predicted molar refractivity (Wildman–Crippen MR) is 99.9 cm³/mol. The number of benzene rings is 1. The van der Waals surface area contributed by atoms with Gasteiger partial charge in [0, 0.05) is 25.8 Å². The van der Waals surface area contributed by atoms with Crippen LogP contribution in [-0.2, 0) is 11.3 Å². The Morgan fingerprint density at radius 1 is 1.20 bits per heavy atom. The van der Waals surface area contributed by atoms with Gasteiger partial charge in [-0.05, 0) is 30.5 Å². The van der Waals surface area contributed by atoms with E-state index in [4.69, 9.17) is 4.74 Å². The molecule has 136 valence electrons. The first kappa shape index (κ1) is 20.6. The second-order valence-corrected chi connectivity index (χ2v) is 5.93. The van der Waals surface area contributed by atoms with Crippen molar-refractivity contribution in [3.05, 3.63) is 41.6 Å². The summed E-state index contributed by atoms with van der Waals surface area (Å²) in [4.78, 5) is 14.4. The molecule has 5 heteroatoms. The average Bonchev–Trinajstić information content (AvgIpc) is 2.65. The van der Waals surface area contributed by atoms with Gasteiger partial charge in [0.05, 0.1) is 7.11 Å². The molecule has 0 saturated carbocycles. The molecule has 0 unspecified atom stereocenters. The lowest BCUT2D eigenvalue weighted by Gasteiger charge is -2.20. The quantitative estimate of drug-likeness (QED) is 0.492. The van der Waals surface area contributed by atoms with Crippen molar-refractivity contribution in [3.8, 4) is 11.8 Å². The predicted octanol–water partition coefficient (Wildman–Crippen LogP) is 3.62. The summed E-state index contributed by atoms with van der Waals surface area (Å²) >= 11 is 0. The van der Waals surface area contributed by atoms with Crippen LogP contribution in [0.3, 0.4) is 0 Å². The Balaban J connectivity index is 2.67. The second-order valence-electron chi connectivity index (χ2n) is 5.93. The van der Waals surface area contributed by atoms with E-state index < -0.39 is 0 Å². The minimum absolute atomic E-state index is 0.153. The SMILES string of the molecule is CCCCN(/C=C(/C#N)C(=O)NCc1ccc(OC)cc1)CCCC. The summed E-state index contributed by atoms with van der Waals surface area (Å²) in [5.41, 5.74) is 1.11. The zero-order valence-corrected chi connectivity index (χ0v) is 15.5. The molecule has 0 radical (unpaired) electrons. The molecule has 0 atom stereocenters. The third-order valence-corrected chi connectivity index (χ3v) is 3.89. The van der Waals surface area contributed by atoms with Gasteiger partial charge in [0.25, 0.3) is 5.91 Å². The number of methoxy groups -OCH3 is 1. The van der Waals surface area contributed by atoms with Gasteiger partial charge in [-0.15, -0.1) is 0 Å². The van der Waals surface area contributed by atoms with Crippen LogP contribution in [0.5, 0.6) is 5.75 Å². The number of unbranched alkanes of at least 4 members (excludes halogenated alkanes) is 2. The zero-order valence-electron chi connectivity index (χ0n) is 15.5. The van der Waals surface area contributed by atoms with E-state index in [1.165, 1.54) is 0 Å². The number of amides is 1. The fraction of sp³-hybridized carbons (Fsp3) is 0.500. The van der Waals surface area contributed by atoms with Gasteiger partial charge in [0.2, 0.25) is 0 Å². The maximum atomic E-state index is 12.3. The molecule has 0 fully saturated rings. The number of hydrogen-bond acceptors (Lipinski definition) is 4. The van der Waals surface area contributed by atoms with Gasteiger partial charge in [0.1, 0.15) is 17.4 Å². The highest BCUT2D eigenvalue weighted by Crippen LogP contribution is 2.11. The van der Waals surface area contributed by atoms with Gasteiger partial charge in [-0.3, -0.25) is 4.79 Å². The van der Waals surface area contributed by atoms with Gasteiger partial charge in [-0.25, -0.2) is 0 Å². The highest BCUT2D eigenvalue weighted by molar-refractivity contribution is 5.97. The lowest BCUT2D eigenvalue weighted by molar-refractivity contribution is -0.117. The fourth-order valence-corrected chi connectivity index (χ4v) is 2.31. The van der Waals surface area contributed by atoms with Crippen LogP contribution in [0.4, 0.5) is 0 Å². The summed E-state index contributed by atoms with van der Waals surface area (Å²) in [6.07, 6.45) is 5.97. The van der Waals surface area contributed by atoms with E-state index in [1.54, 1.807) is 13.3 Å². The number of ether oxygens (including phenoxy) is 1. The van der Waals surface area contributed by atoms with Crippen molar-refractivity contribution in [2.75, 3.05) is 20.2 Å². The molecule has 25 heavy (non-hydrogen) atoms. The third-order valence-electron chi connectivity index (χ3n) is 3.89. The minimum atomic E-state index is -0.337. The molecular formula is C20H29N3O2. The first-order valence-electron chi connectivity index (χ1n) is 8.91. The van der Waals surface area contributed by atoms with Crippen LogP contribution in [0.2, 0.25) is 0 Å². The molecule has 0 aliphatic carbocycles. The van der Waals surface area contributed by atoms with Crippen molar-refractivity contribution in [2.24, 2.45) is 0 Å². The molecule has 0 aliphatic rings. The summed E-state index contributed by atoms with van der Waals surface area (Å²) in [5.74, 6) is 0.437. The van der Waals surface area contributed by atoms with Gasteiger partial charge >= 0.3 is 0 Å². The smallest absolute Gasteiger partial charge is 0.263 e. The number of carbonyl (C=O) groups is 1. The first-order valence-corrected chi connectivity index (χ1v) is 8.91. The molecule has 0 aliphatic heterocycles. The summed E-state index contributed by atoms with van der Waals surface area (Å²) < 4.78 is 5.11. The zero-order chi connectivity index (χ0) is 18.5. The van der Waals surface area contributed by atoms with Crippen LogP contribution < -0.4 is 10.1 Å². The summed E-state index contributed by atoms with van der Waals surface area (Å²) in [7, 11) is 1.61. The van der Waals surface area contributed by atoms with Crippen molar-refractivity contribution >= 4 is 5.91 Å². The van der Waals surface area contributed by atoms with E-state index >= 15 is 0 Å². The molecule has 1 aromatic carbocycles. The molecule has 5 nitrogen and oxygen atoms in total. The largest absolute Gasteiger partial charge is 0.497 e. The lowest BCUT2D eigenvalue weighted by Crippen LogP contribution is -2.27. The van der Waals surface area contributed by atoms with E-state index in [9.17, 15) is 10.1 Å². The van der Waals surface area contributed by atoms with Crippen LogP contribution in [0.15, 0.2) is 36.0 Å². The monoisotopic (exact) mass is 343 g/mol. The average molecular weight is 343 g/mol. The molecular weight excluding hydrogens is 314 g/mol. The summed E-state index contributed by atoms with van der Waals surface area (Å²) in [6, 6.07) is 9.51. The summed E-state index contributed by atoms with van der Waals surface area (Å²) in [6.45, 7) is 6.38. The lowest BCUT2D eigenvalue weighted by atomic mass is 10.2. The number of hydrogen-bond donors (Lipinski definition) is 1. The molecule has 1 N–H and O–H groups in total. The fourth-order valence-electron chi connectivity index (χ4n) is 2.31. The maximum Gasteiger partial charge on any atom is 0.263 e. The number of nitriles is 1. The Kier molecular flexibility index (Phi) is 9.84. The van der Waals surface area contributed by atoms with Crippen molar-refractivity contribution in [2.45, 2.75) is 46.1 Å². The summed E-state index contributed by atoms with van der Waals surface area (Å²) in [5, 5.41) is 12.1. The van der Waals surface area contributed by atoms with Crippen molar-refractivity contribution in [1.82, 2.24) is 10.2 Å². The minimum Gasteiger partial charge on any atom is -0.497 e. The van der Waals surface area contributed by atoms with Crippen molar-refractivity contribution in [3.63, 3.8) is 0 Å². The Labute approximate surface area is 151 Å². The normalized spacial score (nSPS) is 10.9.